The lowest BCUT2D eigenvalue weighted by molar-refractivity contribution is -0.129. The van der Waals surface area contributed by atoms with Gasteiger partial charge in [-0.05, 0) is 36.8 Å². The number of nitrogens with zero attached hydrogens (tertiary/aromatic N) is 4. The van der Waals surface area contributed by atoms with Gasteiger partial charge in [0.15, 0.2) is 17.4 Å². The summed E-state index contributed by atoms with van der Waals surface area (Å²) in [6.07, 6.45) is 4.28. The van der Waals surface area contributed by atoms with E-state index in [0.717, 1.165) is 6.07 Å². The number of rotatable bonds is 5. The van der Waals surface area contributed by atoms with Crippen molar-refractivity contribution >= 4 is 34.6 Å². The van der Waals surface area contributed by atoms with Crippen LogP contribution >= 0.6 is 0 Å². The SMILES string of the molecule is CCn1cc(C(=O)C=Cc2ccc(O)cc2)c(=O)c2cc(F)c(N3CCN(C(C)=O)CC3)nc21. The molecule has 0 bridgehead atoms. The summed E-state index contributed by atoms with van der Waals surface area (Å²) in [6, 6.07) is 7.41. The molecule has 176 valence electrons. The standard InChI is InChI=1S/C25H25FN4O4/c1-3-28-15-20(22(33)9-6-17-4-7-18(32)8-5-17)23(34)19-14-21(26)25(27-24(19)28)30-12-10-29(11-13-30)16(2)31/h4-9,14-15,32H,3,10-13H2,1-2H3. The van der Waals surface area contributed by atoms with Crippen LogP contribution in [0, 0.1) is 5.82 Å². The fourth-order valence-electron chi connectivity index (χ4n) is 4.00. The Morgan fingerprint density at radius 1 is 1.15 bits per heavy atom. The van der Waals surface area contributed by atoms with Crippen LogP contribution in [0.15, 0.2) is 47.4 Å². The summed E-state index contributed by atoms with van der Waals surface area (Å²) in [4.78, 5) is 45.4. The predicted molar refractivity (Wildman–Crippen MR) is 128 cm³/mol. The third kappa shape index (κ3) is 4.54. The number of phenolic OH excluding ortho intramolecular Hbond substituents is 1. The number of hydrogen-bond donors (Lipinski definition) is 1. The maximum absolute atomic E-state index is 15.1. The predicted octanol–water partition coefficient (Wildman–Crippen LogP) is 2.83. The Kier molecular flexibility index (Phi) is 6.45. The van der Waals surface area contributed by atoms with Crippen molar-refractivity contribution in [2.45, 2.75) is 20.4 Å². The van der Waals surface area contributed by atoms with Crippen molar-refractivity contribution in [2.75, 3.05) is 31.1 Å². The topological polar surface area (TPSA) is 95.7 Å². The van der Waals surface area contributed by atoms with Crippen molar-refractivity contribution in [3.05, 3.63) is 69.8 Å². The molecule has 1 aliphatic heterocycles. The van der Waals surface area contributed by atoms with Gasteiger partial charge in [0.05, 0.1) is 10.9 Å². The number of benzene rings is 1. The van der Waals surface area contributed by atoms with E-state index in [1.165, 1.54) is 31.3 Å². The molecule has 3 aromatic rings. The van der Waals surface area contributed by atoms with Gasteiger partial charge in [-0.3, -0.25) is 14.4 Å². The van der Waals surface area contributed by atoms with Crippen LogP contribution in [0.1, 0.15) is 29.8 Å². The summed E-state index contributed by atoms with van der Waals surface area (Å²) in [6.45, 7) is 5.58. The second-order valence-electron chi connectivity index (χ2n) is 8.11. The van der Waals surface area contributed by atoms with Gasteiger partial charge in [-0.15, -0.1) is 0 Å². The zero-order chi connectivity index (χ0) is 24.4. The van der Waals surface area contributed by atoms with Crippen molar-refractivity contribution in [2.24, 2.45) is 0 Å². The molecule has 0 saturated carbocycles. The summed E-state index contributed by atoms with van der Waals surface area (Å²) >= 11 is 0. The first-order valence-electron chi connectivity index (χ1n) is 11.0. The summed E-state index contributed by atoms with van der Waals surface area (Å²) < 4.78 is 16.7. The molecular weight excluding hydrogens is 439 g/mol. The van der Waals surface area contributed by atoms with Gasteiger partial charge in [-0.25, -0.2) is 9.37 Å². The first-order valence-corrected chi connectivity index (χ1v) is 11.0. The number of aromatic nitrogens is 2. The van der Waals surface area contributed by atoms with Gasteiger partial charge in [-0.1, -0.05) is 18.2 Å². The van der Waals surface area contributed by atoms with Crippen molar-refractivity contribution in [3.8, 4) is 5.75 Å². The maximum atomic E-state index is 15.1. The third-order valence-corrected chi connectivity index (χ3v) is 5.93. The molecule has 1 aromatic carbocycles. The molecule has 34 heavy (non-hydrogen) atoms. The number of hydrogen-bond acceptors (Lipinski definition) is 6. The van der Waals surface area contributed by atoms with Crippen molar-refractivity contribution < 1.29 is 19.1 Å². The van der Waals surface area contributed by atoms with E-state index in [1.54, 1.807) is 32.6 Å². The fourth-order valence-corrected chi connectivity index (χ4v) is 4.00. The van der Waals surface area contributed by atoms with Crippen LogP contribution in [0.4, 0.5) is 10.2 Å². The molecule has 1 amide bonds. The number of allylic oxidation sites excluding steroid dienone is 1. The largest absolute Gasteiger partial charge is 0.508 e. The number of halogens is 1. The molecule has 0 radical (unpaired) electrons. The number of ketones is 1. The van der Waals surface area contributed by atoms with Crippen LogP contribution in [0.25, 0.3) is 17.1 Å². The quantitative estimate of drug-likeness (QED) is 0.461. The van der Waals surface area contributed by atoms with Crippen LogP contribution < -0.4 is 10.3 Å². The molecule has 1 aliphatic rings. The summed E-state index contributed by atoms with van der Waals surface area (Å²) in [5.74, 6) is -0.940. The van der Waals surface area contributed by atoms with E-state index in [-0.39, 0.29) is 28.4 Å². The highest BCUT2D eigenvalue weighted by Gasteiger charge is 2.24. The lowest BCUT2D eigenvalue weighted by Crippen LogP contribution is -2.48. The Balaban J connectivity index is 1.69. The molecule has 1 saturated heterocycles. The first kappa shape index (κ1) is 23.2. The normalized spacial score (nSPS) is 14.2. The molecule has 3 heterocycles. The molecule has 0 unspecified atom stereocenters. The number of carbonyl (C=O) groups excluding carboxylic acids is 2. The maximum Gasteiger partial charge on any atom is 0.219 e. The smallest absolute Gasteiger partial charge is 0.219 e. The Hall–Kier alpha value is -4.01. The average molecular weight is 464 g/mol. The van der Waals surface area contributed by atoms with Crippen LogP contribution in [-0.2, 0) is 11.3 Å². The lowest BCUT2D eigenvalue weighted by Gasteiger charge is -2.35. The number of anilines is 1. The van der Waals surface area contributed by atoms with E-state index in [0.29, 0.717) is 43.9 Å². The summed E-state index contributed by atoms with van der Waals surface area (Å²) in [5.41, 5.74) is 0.328. The highest BCUT2D eigenvalue weighted by Crippen LogP contribution is 2.23. The van der Waals surface area contributed by atoms with Crippen LogP contribution in [0.5, 0.6) is 5.75 Å². The Labute approximate surface area is 195 Å². The monoisotopic (exact) mass is 464 g/mol. The van der Waals surface area contributed by atoms with Gasteiger partial charge in [0.2, 0.25) is 11.3 Å². The molecule has 8 nitrogen and oxygen atoms in total. The molecule has 2 aromatic heterocycles. The molecule has 9 heteroatoms. The number of pyridine rings is 2. The van der Waals surface area contributed by atoms with E-state index < -0.39 is 17.0 Å². The molecule has 0 aliphatic carbocycles. The minimum Gasteiger partial charge on any atom is -0.508 e. The molecule has 0 spiro atoms. The number of carbonyl (C=O) groups is 2. The molecule has 1 fully saturated rings. The van der Waals surface area contributed by atoms with E-state index in [9.17, 15) is 19.5 Å². The van der Waals surface area contributed by atoms with Gasteiger partial charge in [-0.2, -0.15) is 0 Å². The number of aromatic hydroxyl groups is 1. The summed E-state index contributed by atoms with van der Waals surface area (Å²) in [7, 11) is 0. The molecule has 4 rings (SSSR count). The van der Waals surface area contributed by atoms with Crippen LogP contribution in [0.2, 0.25) is 0 Å². The van der Waals surface area contributed by atoms with E-state index in [4.69, 9.17) is 0 Å². The number of amides is 1. The van der Waals surface area contributed by atoms with Crippen LogP contribution in [-0.4, -0.2) is 57.4 Å². The molecule has 1 N–H and O–H groups in total. The highest BCUT2D eigenvalue weighted by atomic mass is 19.1. The van der Waals surface area contributed by atoms with E-state index in [1.807, 2.05) is 6.92 Å². The van der Waals surface area contributed by atoms with Gasteiger partial charge >= 0.3 is 0 Å². The minimum atomic E-state index is -0.646. The fraction of sp³-hybridized carbons (Fsp3) is 0.280. The van der Waals surface area contributed by atoms with Gasteiger partial charge in [0.25, 0.3) is 0 Å². The second kappa shape index (κ2) is 9.46. The number of aryl methyl sites for hydroxylation is 1. The van der Waals surface area contributed by atoms with Crippen molar-refractivity contribution in [3.63, 3.8) is 0 Å². The first-order chi connectivity index (χ1) is 16.3. The number of phenols is 1. The Morgan fingerprint density at radius 2 is 1.82 bits per heavy atom. The Morgan fingerprint density at radius 3 is 2.44 bits per heavy atom. The average Bonchev–Trinajstić information content (AvgIpc) is 2.84. The van der Waals surface area contributed by atoms with Crippen molar-refractivity contribution in [1.82, 2.24) is 14.5 Å². The molecular formula is C25H25FN4O4. The molecule has 0 atom stereocenters. The highest BCUT2D eigenvalue weighted by molar-refractivity contribution is 6.08. The van der Waals surface area contributed by atoms with Crippen LogP contribution in [0.3, 0.4) is 0 Å². The number of fused-ring (bicyclic) bond motifs is 1. The zero-order valence-corrected chi connectivity index (χ0v) is 19.0. The van der Waals surface area contributed by atoms with E-state index >= 15 is 4.39 Å². The minimum absolute atomic E-state index is 0.0249. The Bertz CT molecular complexity index is 1340. The van der Waals surface area contributed by atoms with Gasteiger partial charge < -0.3 is 19.5 Å². The number of piperazine rings is 1. The van der Waals surface area contributed by atoms with E-state index in [2.05, 4.69) is 4.98 Å². The van der Waals surface area contributed by atoms with Crippen molar-refractivity contribution in [1.29, 1.82) is 0 Å². The van der Waals surface area contributed by atoms with Gasteiger partial charge in [0.1, 0.15) is 11.4 Å². The summed E-state index contributed by atoms with van der Waals surface area (Å²) in [5, 5.41) is 9.41. The second-order valence-corrected chi connectivity index (χ2v) is 8.11. The lowest BCUT2D eigenvalue weighted by atomic mass is 10.1. The zero-order valence-electron chi connectivity index (χ0n) is 19.0. The third-order valence-electron chi connectivity index (χ3n) is 5.93. The van der Waals surface area contributed by atoms with Gasteiger partial charge in [0, 0.05) is 45.8 Å².